The molecular weight excluding hydrogens is 338 g/mol. The van der Waals surface area contributed by atoms with Crippen molar-refractivity contribution in [3.63, 3.8) is 0 Å². The number of rotatable bonds is 6. The number of nitrogens with one attached hydrogen (secondary N) is 1. The summed E-state index contributed by atoms with van der Waals surface area (Å²) in [5.41, 5.74) is 2.21. The number of halogens is 2. The maximum Gasteiger partial charge on any atom is 0.119 e. The van der Waals surface area contributed by atoms with Gasteiger partial charge in [-0.15, -0.1) is 0 Å². The fourth-order valence-corrected chi connectivity index (χ4v) is 2.16. The molecule has 0 radical (unpaired) electrons. The van der Waals surface area contributed by atoms with Gasteiger partial charge in [0.1, 0.15) is 5.75 Å². The van der Waals surface area contributed by atoms with Crippen LogP contribution in [0.4, 0.5) is 5.69 Å². The first-order valence-electron chi connectivity index (χ1n) is 6.59. The molecule has 0 saturated heterocycles. The predicted octanol–water partition coefficient (Wildman–Crippen LogP) is 5.50. The molecule has 0 spiro atoms. The van der Waals surface area contributed by atoms with Gasteiger partial charge >= 0.3 is 0 Å². The normalized spacial score (nSPS) is 10.3. The first-order valence-corrected chi connectivity index (χ1v) is 7.77. The van der Waals surface area contributed by atoms with Gasteiger partial charge in [-0.1, -0.05) is 30.7 Å². The first kappa shape index (κ1) is 15.2. The largest absolute Gasteiger partial charge is 0.494 e. The number of hydrogen-bond acceptors (Lipinski definition) is 2. The van der Waals surface area contributed by atoms with E-state index in [4.69, 9.17) is 16.3 Å². The molecule has 2 aromatic rings. The van der Waals surface area contributed by atoms with E-state index in [1.807, 2.05) is 30.3 Å². The Labute approximate surface area is 133 Å². The van der Waals surface area contributed by atoms with Crippen molar-refractivity contribution >= 4 is 33.2 Å². The minimum Gasteiger partial charge on any atom is -0.494 e. The molecule has 0 bridgehead atoms. The average Bonchev–Trinajstić information content (AvgIpc) is 2.47. The smallest absolute Gasteiger partial charge is 0.119 e. The molecule has 0 aliphatic carbocycles. The standard InChI is InChI=1S/C16H17BrClNO/c1-2-9-20-14-6-3-12(4-7-14)11-19-13-5-8-15(17)16(18)10-13/h3-8,10,19H,2,9,11H2,1H3. The van der Waals surface area contributed by atoms with Gasteiger partial charge < -0.3 is 10.1 Å². The van der Waals surface area contributed by atoms with E-state index in [-0.39, 0.29) is 0 Å². The lowest BCUT2D eigenvalue weighted by Crippen LogP contribution is -2.00. The van der Waals surface area contributed by atoms with Crippen LogP contribution in [-0.4, -0.2) is 6.61 Å². The number of anilines is 1. The highest BCUT2D eigenvalue weighted by molar-refractivity contribution is 9.10. The molecule has 0 aliphatic heterocycles. The molecule has 0 aromatic heterocycles. The quantitative estimate of drug-likeness (QED) is 0.739. The SMILES string of the molecule is CCCOc1ccc(CNc2ccc(Br)c(Cl)c2)cc1. The van der Waals surface area contributed by atoms with Gasteiger partial charge in [0, 0.05) is 16.7 Å². The lowest BCUT2D eigenvalue weighted by Gasteiger charge is -2.09. The van der Waals surface area contributed by atoms with Crippen molar-refractivity contribution < 1.29 is 4.74 Å². The zero-order valence-corrected chi connectivity index (χ0v) is 13.7. The summed E-state index contributed by atoms with van der Waals surface area (Å²) in [6, 6.07) is 14.0. The second-order valence-electron chi connectivity index (χ2n) is 4.47. The molecule has 0 saturated carbocycles. The average molecular weight is 355 g/mol. The third-order valence-corrected chi connectivity index (χ3v) is 4.04. The van der Waals surface area contributed by atoms with Crippen LogP contribution in [0.5, 0.6) is 5.75 Å². The maximum absolute atomic E-state index is 6.06. The minimum atomic E-state index is 0.707. The van der Waals surface area contributed by atoms with Gasteiger partial charge in [0.15, 0.2) is 0 Å². The van der Waals surface area contributed by atoms with E-state index in [1.165, 1.54) is 5.56 Å². The summed E-state index contributed by atoms with van der Waals surface area (Å²) >= 11 is 9.44. The van der Waals surface area contributed by atoms with Crippen LogP contribution >= 0.6 is 27.5 Å². The van der Waals surface area contributed by atoms with Gasteiger partial charge in [0.25, 0.3) is 0 Å². The van der Waals surface area contributed by atoms with Crippen molar-refractivity contribution in [2.24, 2.45) is 0 Å². The van der Waals surface area contributed by atoms with Gasteiger partial charge in [-0.2, -0.15) is 0 Å². The van der Waals surface area contributed by atoms with Crippen molar-refractivity contribution in [1.29, 1.82) is 0 Å². The third-order valence-electron chi connectivity index (χ3n) is 2.81. The van der Waals surface area contributed by atoms with Crippen molar-refractivity contribution in [2.75, 3.05) is 11.9 Å². The van der Waals surface area contributed by atoms with Crippen LogP contribution in [0.2, 0.25) is 5.02 Å². The van der Waals surface area contributed by atoms with Crippen molar-refractivity contribution in [3.8, 4) is 5.75 Å². The van der Waals surface area contributed by atoms with E-state index in [2.05, 4.69) is 40.3 Å². The Balaban J connectivity index is 1.91. The Morgan fingerprint density at radius 3 is 2.55 bits per heavy atom. The van der Waals surface area contributed by atoms with Gasteiger partial charge in [-0.25, -0.2) is 0 Å². The molecule has 0 aliphatic rings. The molecule has 0 heterocycles. The van der Waals surface area contributed by atoms with E-state index < -0.39 is 0 Å². The van der Waals surface area contributed by atoms with Crippen LogP contribution < -0.4 is 10.1 Å². The Kier molecular flexibility index (Phi) is 5.74. The summed E-state index contributed by atoms with van der Waals surface area (Å²) in [5.74, 6) is 0.919. The topological polar surface area (TPSA) is 21.3 Å². The second-order valence-corrected chi connectivity index (χ2v) is 5.74. The summed E-state index contributed by atoms with van der Waals surface area (Å²) in [6.07, 6.45) is 1.02. The van der Waals surface area contributed by atoms with Gasteiger partial charge in [-0.05, 0) is 58.2 Å². The maximum atomic E-state index is 6.06. The molecule has 106 valence electrons. The Hall–Kier alpha value is -1.19. The van der Waals surface area contributed by atoms with Crippen LogP contribution in [0, 0.1) is 0 Å². The van der Waals surface area contributed by atoms with E-state index in [0.29, 0.717) is 5.02 Å². The van der Waals surface area contributed by atoms with Crippen molar-refractivity contribution in [3.05, 3.63) is 57.5 Å². The molecule has 0 atom stereocenters. The number of ether oxygens (including phenoxy) is 1. The minimum absolute atomic E-state index is 0.707. The number of hydrogen-bond donors (Lipinski definition) is 1. The molecular formula is C16H17BrClNO. The zero-order chi connectivity index (χ0) is 14.4. The fraction of sp³-hybridized carbons (Fsp3) is 0.250. The van der Waals surface area contributed by atoms with Gasteiger partial charge in [0.2, 0.25) is 0 Å². The highest BCUT2D eigenvalue weighted by atomic mass is 79.9. The van der Waals surface area contributed by atoms with Crippen molar-refractivity contribution in [1.82, 2.24) is 0 Å². The zero-order valence-electron chi connectivity index (χ0n) is 11.3. The van der Waals surface area contributed by atoms with Crippen LogP contribution in [0.25, 0.3) is 0 Å². The lowest BCUT2D eigenvalue weighted by atomic mass is 10.2. The van der Waals surface area contributed by atoms with Crippen LogP contribution in [-0.2, 0) is 6.54 Å². The summed E-state index contributed by atoms with van der Waals surface area (Å²) in [6.45, 7) is 3.61. The van der Waals surface area contributed by atoms with E-state index in [1.54, 1.807) is 0 Å². The second kappa shape index (κ2) is 7.55. The van der Waals surface area contributed by atoms with Crippen molar-refractivity contribution in [2.45, 2.75) is 19.9 Å². The fourth-order valence-electron chi connectivity index (χ4n) is 1.73. The van der Waals surface area contributed by atoms with Gasteiger partial charge in [-0.3, -0.25) is 0 Å². The summed E-state index contributed by atoms with van der Waals surface area (Å²) < 4.78 is 6.46. The molecule has 1 N–H and O–H groups in total. The molecule has 0 unspecified atom stereocenters. The number of benzene rings is 2. The summed E-state index contributed by atoms with van der Waals surface area (Å²) in [5, 5.41) is 4.05. The molecule has 4 heteroatoms. The van der Waals surface area contributed by atoms with Crippen LogP contribution in [0.1, 0.15) is 18.9 Å². The highest BCUT2D eigenvalue weighted by Crippen LogP contribution is 2.25. The van der Waals surface area contributed by atoms with E-state index in [9.17, 15) is 0 Å². The summed E-state index contributed by atoms with van der Waals surface area (Å²) in [4.78, 5) is 0. The van der Waals surface area contributed by atoms with Crippen LogP contribution in [0.3, 0.4) is 0 Å². The predicted molar refractivity (Wildman–Crippen MR) is 88.7 cm³/mol. The van der Waals surface area contributed by atoms with Crippen LogP contribution in [0.15, 0.2) is 46.9 Å². The molecule has 2 nitrogen and oxygen atoms in total. The molecule has 2 rings (SSSR count). The Morgan fingerprint density at radius 1 is 1.15 bits per heavy atom. The molecule has 0 amide bonds. The Morgan fingerprint density at radius 2 is 1.90 bits per heavy atom. The molecule has 20 heavy (non-hydrogen) atoms. The van der Waals surface area contributed by atoms with E-state index >= 15 is 0 Å². The first-order chi connectivity index (χ1) is 9.69. The molecule has 0 fully saturated rings. The lowest BCUT2D eigenvalue weighted by molar-refractivity contribution is 0.317. The summed E-state index contributed by atoms with van der Waals surface area (Å²) in [7, 11) is 0. The third kappa shape index (κ3) is 4.43. The Bertz CT molecular complexity index is 557. The monoisotopic (exact) mass is 353 g/mol. The van der Waals surface area contributed by atoms with E-state index in [0.717, 1.165) is 35.5 Å². The molecule has 2 aromatic carbocycles. The van der Waals surface area contributed by atoms with Gasteiger partial charge in [0.05, 0.1) is 11.6 Å². The highest BCUT2D eigenvalue weighted by Gasteiger charge is 2.00.